The number of thiophene rings is 1. The van der Waals surface area contributed by atoms with Crippen LogP contribution in [0.2, 0.25) is 0 Å². The summed E-state index contributed by atoms with van der Waals surface area (Å²) in [6.45, 7) is 2.01. The van der Waals surface area contributed by atoms with Crippen molar-refractivity contribution in [3.05, 3.63) is 51.7 Å². The molecule has 0 aliphatic rings. The maximum absolute atomic E-state index is 11.9. The molecule has 0 radical (unpaired) electrons. The minimum atomic E-state index is 0.205. The van der Waals surface area contributed by atoms with E-state index < -0.39 is 0 Å². The van der Waals surface area contributed by atoms with Gasteiger partial charge in [-0.05, 0) is 37.1 Å². The van der Waals surface area contributed by atoms with Gasteiger partial charge in [-0.15, -0.1) is 11.3 Å². The monoisotopic (exact) mass is 245 g/mol. The van der Waals surface area contributed by atoms with E-state index in [9.17, 15) is 4.79 Å². The van der Waals surface area contributed by atoms with Crippen molar-refractivity contribution >= 4 is 22.8 Å². The fourth-order valence-electron chi connectivity index (χ4n) is 1.74. The van der Waals surface area contributed by atoms with E-state index in [1.165, 1.54) is 4.88 Å². The fraction of sp³-hybridized carbons (Fsp3) is 0.214. The summed E-state index contributed by atoms with van der Waals surface area (Å²) in [5.41, 5.74) is 8.39. The molecule has 0 saturated carbocycles. The Hall–Kier alpha value is -1.61. The first-order valence-electron chi connectivity index (χ1n) is 5.58. The van der Waals surface area contributed by atoms with Crippen molar-refractivity contribution in [2.45, 2.75) is 19.8 Å². The first-order chi connectivity index (χ1) is 8.15. The zero-order valence-electron chi connectivity index (χ0n) is 9.77. The minimum absolute atomic E-state index is 0.205. The SMILES string of the molecule is Cc1cc(C(=O)CCc2cccc(N)c2)cs1. The summed E-state index contributed by atoms with van der Waals surface area (Å²) < 4.78 is 0. The Kier molecular flexibility index (Phi) is 3.59. The Morgan fingerprint density at radius 2 is 2.18 bits per heavy atom. The van der Waals surface area contributed by atoms with Crippen molar-refractivity contribution < 1.29 is 4.79 Å². The predicted octanol–water partition coefficient (Wildman–Crippen LogP) is 3.45. The summed E-state index contributed by atoms with van der Waals surface area (Å²) in [7, 11) is 0. The van der Waals surface area contributed by atoms with E-state index in [0.717, 1.165) is 23.2 Å². The van der Waals surface area contributed by atoms with Crippen LogP contribution < -0.4 is 5.73 Å². The van der Waals surface area contributed by atoms with Crippen LogP contribution in [0.5, 0.6) is 0 Å². The summed E-state index contributed by atoms with van der Waals surface area (Å²) in [4.78, 5) is 13.1. The third-order valence-electron chi connectivity index (χ3n) is 2.64. The molecular weight excluding hydrogens is 230 g/mol. The summed E-state index contributed by atoms with van der Waals surface area (Å²) in [6.07, 6.45) is 1.29. The highest BCUT2D eigenvalue weighted by atomic mass is 32.1. The quantitative estimate of drug-likeness (QED) is 0.662. The van der Waals surface area contributed by atoms with Crippen molar-refractivity contribution in [2.24, 2.45) is 0 Å². The number of nitrogens with two attached hydrogens (primary N) is 1. The second-order valence-corrected chi connectivity index (χ2v) is 5.23. The Labute approximate surface area is 105 Å². The van der Waals surface area contributed by atoms with Crippen LogP contribution in [0, 0.1) is 6.92 Å². The number of rotatable bonds is 4. The van der Waals surface area contributed by atoms with E-state index >= 15 is 0 Å². The molecule has 2 aromatic rings. The van der Waals surface area contributed by atoms with Gasteiger partial charge in [-0.25, -0.2) is 0 Å². The zero-order valence-corrected chi connectivity index (χ0v) is 10.6. The van der Waals surface area contributed by atoms with E-state index in [0.29, 0.717) is 6.42 Å². The van der Waals surface area contributed by atoms with Crippen LogP contribution in [0.25, 0.3) is 0 Å². The molecule has 0 atom stereocenters. The van der Waals surface area contributed by atoms with Gasteiger partial charge in [0.2, 0.25) is 0 Å². The molecule has 1 aromatic carbocycles. The van der Waals surface area contributed by atoms with Gasteiger partial charge in [0, 0.05) is 27.9 Å². The number of Topliss-reactive ketones (excluding diaryl/α,β-unsaturated/α-hetero) is 1. The van der Waals surface area contributed by atoms with E-state index in [-0.39, 0.29) is 5.78 Å². The van der Waals surface area contributed by atoms with Crippen molar-refractivity contribution in [1.82, 2.24) is 0 Å². The second-order valence-electron chi connectivity index (χ2n) is 4.11. The van der Waals surface area contributed by atoms with Crippen LogP contribution in [-0.2, 0) is 6.42 Å². The molecule has 17 heavy (non-hydrogen) atoms. The largest absolute Gasteiger partial charge is 0.399 e. The van der Waals surface area contributed by atoms with E-state index in [2.05, 4.69) is 0 Å². The summed E-state index contributed by atoms with van der Waals surface area (Å²) in [6, 6.07) is 9.65. The maximum Gasteiger partial charge on any atom is 0.164 e. The van der Waals surface area contributed by atoms with Gasteiger partial charge in [0.1, 0.15) is 0 Å². The Morgan fingerprint density at radius 3 is 2.82 bits per heavy atom. The van der Waals surface area contributed by atoms with Crippen LogP contribution in [0.3, 0.4) is 0 Å². The highest BCUT2D eigenvalue weighted by Crippen LogP contribution is 2.16. The average Bonchev–Trinajstić information content (AvgIpc) is 2.73. The highest BCUT2D eigenvalue weighted by molar-refractivity contribution is 7.10. The molecule has 1 aromatic heterocycles. The summed E-state index contributed by atoms with van der Waals surface area (Å²) in [5, 5.41) is 1.93. The van der Waals surface area contributed by atoms with Crippen LogP contribution in [0.4, 0.5) is 5.69 Å². The standard InChI is InChI=1S/C14H15NOS/c1-10-7-12(9-17-10)14(16)6-5-11-3-2-4-13(15)8-11/h2-4,7-9H,5-6,15H2,1H3. The molecule has 0 unspecified atom stereocenters. The number of nitrogen functional groups attached to an aromatic ring is 1. The zero-order chi connectivity index (χ0) is 12.3. The van der Waals surface area contributed by atoms with Gasteiger partial charge >= 0.3 is 0 Å². The lowest BCUT2D eigenvalue weighted by molar-refractivity contribution is 0.0983. The highest BCUT2D eigenvalue weighted by Gasteiger charge is 2.07. The number of hydrogen-bond donors (Lipinski definition) is 1. The topological polar surface area (TPSA) is 43.1 Å². The molecule has 2 nitrogen and oxygen atoms in total. The number of anilines is 1. The number of ketones is 1. The van der Waals surface area contributed by atoms with Crippen LogP contribution in [0.15, 0.2) is 35.7 Å². The normalized spacial score (nSPS) is 10.4. The van der Waals surface area contributed by atoms with E-state index in [1.807, 2.05) is 42.6 Å². The molecule has 1 heterocycles. The molecule has 0 fully saturated rings. The van der Waals surface area contributed by atoms with Gasteiger partial charge < -0.3 is 5.73 Å². The van der Waals surface area contributed by atoms with Gasteiger partial charge in [-0.1, -0.05) is 12.1 Å². The lowest BCUT2D eigenvalue weighted by atomic mass is 10.0. The molecule has 0 saturated heterocycles. The van der Waals surface area contributed by atoms with Crippen molar-refractivity contribution in [3.8, 4) is 0 Å². The average molecular weight is 245 g/mol. The second kappa shape index (κ2) is 5.15. The van der Waals surface area contributed by atoms with E-state index in [4.69, 9.17) is 5.73 Å². The van der Waals surface area contributed by atoms with Gasteiger partial charge in [0.15, 0.2) is 5.78 Å². The fourth-order valence-corrected chi connectivity index (χ4v) is 2.45. The minimum Gasteiger partial charge on any atom is -0.399 e. The first kappa shape index (κ1) is 11.9. The molecule has 0 spiro atoms. The van der Waals surface area contributed by atoms with Crippen LogP contribution in [0.1, 0.15) is 27.2 Å². The number of carbonyl (C=O) groups is 1. The molecule has 3 heteroatoms. The smallest absolute Gasteiger partial charge is 0.164 e. The third kappa shape index (κ3) is 3.17. The molecule has 2 rings (SSSR count). The first-order valence-corrected chi connectivity index (χ1v) is 6.46. The van der Waals surface area contributed by atoms with Gasteiger partial charge in [0.05, 0.1) is 0 Å². The number of benzene rings is 1. The van der Waals surface area contributed by atoms with Gasteiger partial charge in [0.25, 0.3) is 0 Å². The molecule has 0 aliphatic carbocycles. The Bertz CT molecular complexity index is 531. The Morgan fingerprint density at radius 1 is 1.35 bits per heavy atom. The molecular formula is C14H15NOS. The molecule has 0 amide bonds. The van der Waals surface area contributed by atoms with Crippen molar-refractivity contribution in [3.63, 3.8) is 0 Å². The molecule has 88 valence electrons. The van der Waals surface area contributed by atoms with Crippen molar-refractivity contribution in [1.29, 1.82) is 0 Å². The predicted molar refractivity (Wildman–Crippen MR) is 72.6 cm³/mol. The Balaban J connectivity index is 1.97. The van der Waals surface area contributed by atoms with Crippen LogP contribution >= 0.6 is 11.3 Å². The lowest BCUT2D eigenvalue weighted by Crippen LogP contribution is -2.00. The maximum atomic E-state index is 11.9. The summed E-state index contributed by atoms with van der Waals surface area (Å²) >= 11 is 1.62. The molecule has 2 N–H and O–H groups in total. The molecule has 0 aliphatic heterocycles. The van der Waals surface area contributed by atoms with Gasteiger partial charge in [-0.3, -0.25) is 4.79 Å². The molecule has 0 bridgehead atoms. The third-order valence-corrected chi connectivity index (χ3v) is 3.51. The summed E-state index contributed by atoms with van der Waals surface area (Å²) in [5.74, 6) is 0.205. The lowest BCUT2D eigenvalue weighted by Gasteiger charge is -2.01. The van der Waals surface area contributed by atoms with Crippen LogP contribution in [-0.4, -0.2) is 5.78 Å². The van der Waals surface area contributed by atoms with E-state index in [1.54, 1.807) is 11.3 Å². The number of aryl methyl sites for hydroxylation is 2. The van der Waals surface area contributed by atoms with Gasteiger partial charge in [-0.2, -0.15) is 0 Å². The number of carbonyl (C=O) groups excluding carboxylic acids is 1. The number of hydrogen-bond acceptors (Lipinski definition) is 3. The van der Waals surface area contributed by atoms with Crippen molar-refractivity contribution in [2.75, 3.05) is 5.73 Å².